The summed E-state index contributed by atoms with van der Waals surface area (Å²) >= 11 is 0. The van der Waals surface area contributed by atoms with Crippen molar-refractivity contribution in [2.24, 2.45) is 0 Å². The lowest BCUT2D eigenvalue weighted by molar-refractivity contribution is 0.392. The van der Waals surface area contributed by atoms with Crippen LogP contribution in [0.3, 0.4) is 0 Å². The average Bonchev–Trinajstić information content (AvgIpc) is 2.06. The Bertz CT molecular complexity index is 204. The molecular formula is C7H14NO2S. The lowest BCUT2D eigenvalue weighted by atomic mass is 10.2. The summed E-state index contributed by atoms with van der Waals surface area (Å²) in [6, 6.07) is 0. The van der Waals surface area contributed by atoms with Gasteiger partial charge in [0.25, 0.3) is 0 Å². The van der Waals surface area contributed by atoms with E-state index in [2.05, 4.69) is 0 Å². The first kappa shape index (κ1) is 9.00. The Morgan fingerprint density at radius 2 is 2.27 bits per heavy atom. The van der Waals surface area contributed by atoms with Gasteiger partial charge in [-0.1, -0.05) is 0 Å². The Morgan fingerprint density at radius 1 is 1.55 bits per heavy atom. The van der Waals surface area contributed by atoms with Gasteiger partial charge < -0.3 is 0 Å². The highest BCUT2D eigenvalue weighted by atomic mass is 32.2. The molecule has 0 aromatic rings. The predicted molar refractivity (Wildman–Crippen MR) is 44.6 cm³/mol. The van der Waals surface area contributed by atoms with Crippen molar-refractivity contribution in [3.05, 3.63) is 6.42 Å². The third-order valence-electron chi connectivity index (χ3n) is 1.91. The van der Waals surface area contributed by atoms with E-state index in [4.69, 9.17) is 0 Å². The maximum absolute atomic E-state index is 11.3. The minimum Gasteiger partial charge on any atom is -0.212 e. The third-order valence-corrected chi connectivity index (χ3v) is 3.75. The van der Waals surface area contributed by atoms with E-state index >= 15 is 0 Å². The molecule has 65 valence electrons. The molecule has 0 saturated carbocycles. The molecule has 0 unspecified atom stereocenters. The summed E-state index contributed by atoms with van der Waals surface area (Å²) in [5.41, 5.74) is 0. The van der Waals surface area contributed by atoms with E-state index in [0.717, 1.165) is 12.8 Å². The van der Waals surface area contributed by atoms with Gasteiger partial charge >= 0.3 is 0 Å². The molecular weight excluding hydrogens is 162 g/mol. The Kier molecular flexibility index (Phi) is 2.90. The molecule has 0 spiro atoms. The molecule has 1 saturated heterocycles. The summed E-state index contributed by atoms with van der Waals surface area (Å²) in [5, 5.41) is 0. The van der Waals surface area contributed by atoms with Crippen molar-refractivity contribution in [3.63, 3.8) is 0 Å². The predicted octanol–water partition coefficient (Wildman–Crippen LogP) is 0.636. The average molecular weight is 176 g/mol. The van der Waals surface area contributed by atoms with Crippen LogP contribution in [0.5, 0.6) is 0 Å². The number of hydrogen-bond acceptors (Lipinski definition) is 2. The lowest BCUT2D eigenvalue weighted by Crippen LogP contribution is -2.36. The fraction of sp³-hybridized carbons (Fsp3) is 0.857. The SMILES string of the molecule is CCS(=O)(=O)N1C[CH]CCC1. The Balaban J connectivity index is 2.58. The van der Waals surface area contributed by atoms with E-state index in [1.165, 1.54) is 0 Å². The number of sulfonamides is 1. The molecule has 11 heavy (non-hydrogen) atoms. The van der Waals surface area contributed by atoms with Crippen LogP contribution >= 0.6 is 0 Å². The lowest BCUT2D eigenvalue weighted by Gasteiger charge is -2.24. The zero-order valence-corrected chi connectivity index (χ0v) is 7.60. The Morgan fingerprint density at radius 3 is 2.73 bits per heavy atom. The van der Waals surface area contributed by atoms with Crippen LogP contribution in [-0.4, -0.2) is 31.6 Å². The van der Waals surface area contributed by atoms with Gasteiger partial charge in [0.15, 0.2) is 0 Å². The quantitative estimate of drug-likeness (QED) is 0.619. The Hall–Kier alpha value is -0.0900. The van der Waals surface area contributed by atoms with Gasteiger partial charge in [0.05, 0.1) is 5.75 Å². The maximum atomic E-state index is 11.3. The molecule has 1 fully saturated rings. The molecule has 0 aliphatic carbocycles. The van der Waals surface area contributed by atoms with Gasteiger partial charge in [-0.2, -0.15) is 0 Å². The van der Waals surface area contributed by atoms with E-state index < -0.39 is 10.0 Å². The number of piperidine rings is 1. The fourth-order valence-electron chi connectivity index (χ4n) is 1.17. The molecule has 0 bridgehead atoms. The minimum absolute atomic E-state index is 0.223. The van der Waals surface area contributed by atoms with Crippen LogP contribution in [0, 0.1) is 6.42 Å². The van der Waals surface area contributed by atoms with Gasteiger partial charge in [-0.3, -0.25) is 0 Å². The molecule has 4 heteroatoms. The Labute approximate surface area is 68.4 Å². The molecule has 1 rings (SSSR count). The van der Waals surface area contributed by atoms with Gasteiger partial charge in [-0.05, 0) is 26.2 Å². The number of rotatable bonds is 2. The highest BCUT2D eigenvalue weighted by molar-refractivity contribution is 7.89. The highest BCUT2D eigenvalue weighted by Gasteiger charge is 2.21. The smallest absolute Gasteiger partial charge is 0.212 e. The van der Waals surface area contributed by atoms with E-state index in [1.807, 2.05) is 6.42 Å². The van der Waals surface area contributed by atoms with Crippen molar-refractivity contribution in [1.29, 1.82) is 0 Å². The van der Waals surface area contributed by atoms with E-state index in [-0.39, 0.29) is 5.75 Å². The maximum Gasteiger partial charge on any atom is 0.213 e. The normalized spacial score (nSPS) is 21.9. The summed E-state index contributed by atoms with van der Waals surface area (Å²) in [5.74, 6) is 0.223. The second-order valence-corrected chi connectivity index (χ2v) is 4.95. The summed E-state index contributed by atoms with van der Waals surface area (Å²) in [4.78, 5) is 0. The monoisotopic (exact) mass is 176 g/mol. The molecule has 0 atom stereocenters. The molecule has 1 radical (unpaired) electrons. The van der Waals surface area contributed by atoms with E-state index in [0.29, 0.717) is 13.1 Å². The van der Waals surface area contributed by atoms with Crippen LogP contribution in [0.25, 0.3) is 0 Å². The second kappa shape index (κ2) is 3.54. The first-order valence-electron chi connectivity index (χ1n) is 3.96. The number of hydrogen-bond donors (Lipinski definition) is 0. The van der Waals surface area contributed by atoms with Crippen molar-refractivity contribution >= 4 is 10.0 Å². The molecule has 0 aromatic heterocycles. The van der Waals surface area contributed by atoms with Crippen molar-refractivity contribution in [2.75, 3.05) is 18.8 Å². The topological polar surface area (TPSA) is 37.4 Å². The summed E-state index contributed by atoms with van der Waals surface area (Å²) in [6.45, 7) is 2.99. The van der Waals surface area contributed by atoms with Crippen molar-refractivity contribution in [2.45, 2.75) is 19.8 Å². The van der Waals surface area contributed by atoms with Crippen LogP contribution in [-0.2, 0) is 10.0 Å². The van der Waals surface area contributed by atoms with Gasteiger partial charge in [0.2, 0.25) is 10.0 Å². The first-order chi connectivity index (χ1) is 5.17. The zero-order chi connectivity index (χ0) is 8.32. The molecule has 0 aromatic carbocycles. The molecule has 3 nitrogen and oxygen atoms in total. The van der Waals surface area contributed by atoms with Crippen molar-refractivity contribution in [3.8, 4) is 0 Å². The van der Waals surface area contributed by atoms with Crippen LogP contribution in [0.2, 0.25) is 0 Å². The zero-order valence-electron chi connectivity index (χ0n) is 6.78. The van der Waals surface area contributed by atoms with Crippen molar-refractivity contribution < 1.29 is 8.42 Å². The molecule has 0 N–H and O–H groups in total. The highest BCUT2D eigenvalue weighted by Crippen LogP contribution is 2.11. The first-order valence-corrected chi connectivity index (χ1v) is 5.57. The van der Waals surface area contributed by atoms with Gasteiger partial charge in [-0.15, -0.1) is 0 Å². The van der Waals surface area contributed by atoms with Crippen LogP contribution in [0.4, 0.5) is 0 Å². The molecule has 1 aliphatic heterocycles. The second-order valence-electron chi connectivity index (χ2n) is 2.69. The van der Waals surface area contributed by atoms with Crippen molar-refractivity contribution in [1.82, 2.24) is 4.31 Å². The van der Waals surface area contributed by atoms with E-state index in [9.17, 15) is 8.42 Å². The summed E-state index contributed by atoms with van der Waals surface area (Å²) in [6.07, 6.45) is 4.05. The van der Waals surface area contributed by atoms with Crippen LogP contribution in [0.15, 0.2) is 0 Å². The third kappa shape index (κ3) is 2.17. The summed E-state index contributed by atoms with van der Waals surface area (Å²) < 4.78 is 24.1. The van der Waals surface area contributed by atoms with Gasteiger partial charge in [0.1, 0.15) is 0 Å². The number of nitrogens with zero attached hydrogens (tertiary/aromatic N) is 1. The molecule has 0 amide bonds. The van der Waals surface area contributed by atoms with Gasteiger partial charge in [-0.25, -0.2) is 12.7 Å². The standard InChI is InChI=1S/C7H14NO2S/c1-2-11(9,10)8-6-4-3-5-7-8/h4H,2-3,5-7H2,1H3. The van der Waals surface area contributed by atoms with Crippen LogP contribution < -0.4 is 0 Å². The molecule has 1 aliphatic rings. The minimum atomic E-state index is -2.92. The van der Waals surface area contributed by atoms with Gasteiger partial charge in [0, 0.05) is 13.1 Å². The fourth-order valence-corrected chi connectivity index (χ4v) is 2.28. The van der Waals surface area contributed by atoms with Crippen LogP contribution in [0.1, 0.15) is 19.8 Å². The summed E-state index contributed by atoms with van der Waals surface area (Å²) in [7, 11) is -2.92. The van der Waals surface area contributed by atoms with E-state index in [1.54, 1.807) is 11.2 Å². The molecule has 1 heterocycles. The largest absolute Gasteiger partial charge is 0.213 e.